The Labute approximate surface area is 101 Å². The van der Waals surface area contributed by atoms with E-state index in [4.69, 9.17) is 10.5 Å². The molecule has 0 aliphatic carbocycles. The standard InChI is InChI=1S/C13H19FN2O/c1-2-17-10-6-8-16(9-7-10)12-5-3-4-11(14)13(12)15/h3-5,10H,2,6-9,15H2,1H3. The van der Waals surface area contributed by atoms with Gasteiger partial charge in [0.25, 0.3) is 0 Å². The highest BCUT2D eigenvalue weighted by Crippen LogP contribution is 2.28. The van der Waals surface area contributed by atoms with Gasteiger partial charge in [-0.05, 0) is 31.9 Å². The van der Waals surface area contributed by atoms with Gasteiger partial charge in [-0.3, -0.25) is 0 Å². The number of ether oxygens (including phenoxy) is 1. The molecule has 0 spiro atoms. The molecule has 0 amide bonds. The Morgan fingerprint density at radius 2 is 2.12 bits per heavy atom. The Hall–Kier alpha value is -1.29. The maximum Gasteiger partial charge on any atom is 0.148 e. The molecule has 2 N–H and O–H groups in total. The molecule has 17 heavy (non-hydrogen) atoms. The molecule has 1 aliphatic rings. The van der Waals surface area contributed by atoms with Crippen LogP contribution in [0.3, 0.4) is 0 Å². The van der Waals surface area contributed by atoms with Crippen molar-refractivity contribution in [3.05, 3.63) is 24.0 Å². The van der Waals surface area contributed by atoms with Crippen LogP contribution in [0, 0.1) is 5.82 Å². The van der Waals surface area contributed by atoms with E-state index in [1.54, 1.807) is 6.07 Å². The van der Waals surface area contributed by atoms with Crippen molar-refractivity contribution in [1.29, 1.82) is 0 Å². The van der Waals surface area contributed by atoms with E-state index in [1.807, 2.05) is 13.0 Å². The lowest BCUT2D eigenvalue weighted by Gasteiger charge is -2.34. The van der Waals surface area contributed by atoms with Gasteiger partial charge in [0.05, 0.1) is 17.5 Å². The molecule has 0 aromatic heterocycles. The molecule has 4 heteroatoms. The lowest BCUT2D eigenvalue weighted by molar-refractivity contribution is 0.0459. The van der Waals surface area contributed by atoms with Crippen molar-refractivity contribution in [3.8, 4) is 0 Å². The van der Waals surface area contributed by atoms with Crippen LogP contribution in [0.4, 0.5) is 15.8 Å². The second-order valence-electron chi connectivity index (χ2n) is 4.31. The van der Waals surface area contributed by atoms with Gasteiger partial charge in [0, 0.05) is 19.7 Å². The Morgan fingerprint density at radius 1 is 1.41 bits per heavy atom. The first kappa shape index (κ1) is 12.2. The molecule has 1 fully saturated rings. The third-order valence-electron chi connectivity index (χ3n) is 3.21. The summed E-state index contributed by atoms with van der Waals surface area (Å²) in [5, 5.41) is 0. The molecule has 1 heterocycles. The number of piperidine rings is 1. The molecule has 0 atom stereocenters. The van der Waals surface area contributed by atoms with Crippen molar-refractivity contribution < 1.29 is 9.13 Å². The highest BCUT2D eigenvalue weighted by molar-refractivity contribution is 5.68. The zero-order valence-corrected chi connectivity index (χ0v) is 10.2. The molecule has 1 aromatic rings. The van der Waals surface area contributed by atoms with Crippen LogP contribution < -0.4 is 10.6 Å². The first-order valence-electron chi connectivity index (χ1n) is 6.13. The van der Waals surface area contributed by atoms with Crippen molar-refractivity contribution in [2.75, 3.05) is 30.3 Å². The fraction of sp³-hybridized carbons (Fsp3) is 0.538. The van der Waals surface area contributed by atoms with E-state index in [1.165, 1.54) is 6.07 Å². The van der Waals surface area contributed by atoms with Gasteiger partial charge in [-0.25, -0.2) is 4.39 Å². The largest absolute Gasteiger partial charge is 0.395 e. The number of hydrogen-bond acceptors (Lipinski definition) is 3. The summed E-state index contributed by atoms with van der Waals surface area (Å²) < 4.78 is 18.9. The van der Waals surface area contributed by atoms with Crippen LogP contribution in [0.25, 0.3) is 0 Å². The van der Waals surface area contributed by atoms with E-state index < -0.39 is 0 Å². The summed E-state index contributed by atoms with van der Waals surface area (Å²) in [4.78, 5) is 2.13. The lowest BCUT2D eigenvalue weighted by atomic mass is 10.1. The molecular formula is C13H19FN2O. The minimum atomic E-state index is -0.338. The van der Waals surface area contributed by atoms with Crippen LogP contribution >= 0.6 is 0 Å². The van der Waals surface area contributed by atoms with E-state index in [2.05, 4.69) is 4.90 Å². The second kappa shape index (κ2) is 5.36. The SMILES string of the molecule is CCOC1CCN(c2cccc(F)c2N)CC1. The first-order chi connectivity index (χ1) is 8.22. The maximum absolute atomic E-state index is 13.4. The van der Waals surface area contributed by atoms with Crippen molar-refractivity contribution in [1.82, 2.24) is 0 Å². The van der Waals surface area contributed by atoms with Gasteiger partial charge in [0.15, 0.2) is 0 Å². The molecule has 1 aliphatic heterocycles. The molecule has 0 saturated carbocycles. The lowest BCUT2D eigenvalue weighted by Crippen LogP contribution is -2.37. The topological polar surface area (TPSA) is 38.5 Å². The minimum absolute atomic E-state index is 0.252. The molecule has 2 rings (SSSR count). The predicted molar refractivity (Wildman–Crippen MR) is 67.7 cm³/mol. The quantitative estimate of drug-likeness (QED) is 0.822. The molecular weight excluding hydrogens is 219 g/mol. The third kappa shape index (κ3) is 2.69. The smallest absolute Gasteiger partial charge is 0.148 e. The highest BCUT2D eigenvalue weighted by Gasteiger charge is 2.21. The van der Waals surface area contributed by atoms with Crippen LogP contribution in [0.5, 0.6) is 0 Å². The van der Waals surface area contributed by atoms with Gasteiger partial charge in [-0.2, -0.15) is 0 Å². The van der Waals surface area contributed by atoms with Crippen molar-refractivity contribution in [2.45, 2.75) is 25.9 Å². The predicted octanol–water partition coefficient (Wildman–Crippen LogP) is 2.41. The molecule has 94 valence electrons. The molecule has 1 aromatic carbocycles. The molecule has 3 nitrogen and oxygen atoms in total. The minimum Gasteiger partial charge on any atom is -0.395 e. The monoisotopic (exact) mass is 238 g/mol. The molecule has 0 radical (unpaired) electrons. The highest BCUT2D eigenvalue weighted by atomic mass is 19.1. The van der Waals surface area contributed by atoms with Gasteiger partial charge < -0.3 is 15.4 Å². The summed E-state index contributed by atoms with van der Waals surface area (Å²) in [6.07, 6.45) is 2.29. The van der Waals surface area contributed by atoms with Crippen molar-refractivity contribution in [3.63, 3.8) is 0 Å². The normalized spacial score (nSPS) is 17.4. The first-order valence-corrected chi connectivity index (χ1v) is 6.13. The fourth-order valence-electron chi connectivity index (χ4n) is 2.30. The van der Waals surface area contributed by atoms with Crippen LogP contribution in [-0.4, -0.2) is 25.8 Å². The summed E-state index contributed by atoms with van der Waals surface area (Å²) in [6, 6.07) is 4.97. The number of halogens is 1. The molecule has 0 bridgehead atoms. The summed E-state index contributed by atoms with van der Waals surface area (Å²) in [5.74, 6) is -0.338. The Morgan fingerprint density at radius 3 is 2.76 bits per heavy atom. The number of nitrogen functional groups attached to an aromatic ring is 1. The zero-order valence-electron chi connectivity index (χ0n) is 10.2. The van der Waals surface area contributed by atoms with E-state index in [-0.39, 0.29) is 11.5 Å². The van der Waals surface area contributed by atoms with Gasteiger partial charge in [0.2, 0.25) is 0 Å². The summed E-state index contributed by atoms with van der Waals surface area (Å²) in [6.45, 7) is 4.51. The van der Waals surface area contributed by atoms with Crippen LogP contribution in [0.15, 0.2) is 18.2 Å². The zero-order chi connectivity index (χ0) is 12.3. The van der Waals surface area contributed by atoms with E-state index in [0.29, 0.717) is 6.10 Å². The Balaban J connectivity index is 2.03. The van der Waals surface area contributed by atoms with Crippen molar-refractivity contribution >= 4 is 11.4 Å². The summed E-state index contributed by atoms with van der Waals surface area (Å²) in [5.41, 5.74) is 6.82. The van der Waals surface area contributed by atoms with Crippen molar-refractivity contribution in [2.24, 2.45) is 0 Å². The number of nitrogens with zero attached hydrogens (tertiary/aromatic N) is 1. The average molecular weight is 238 g/mol. The number of benzene rings is 1. The van der Waals surface area contributed by atoms with Crippen LogP contribution in [0.1, 0.15) is 19.8 Å². The van der Waals surface area contributed by atoms with Crippen LogP contribution in [-0.2, 0) is 4.74 Å². The third-order valence-corrected chi connectivity index (χ3v) is 3.21. The van der Waals surface area contributed by atoms with E-state index >= 15 is 0 Å². The molecule has 1 saturated heterocycles. The number of nitrogens with two attached hydrogens (primary N) is 1. The molecule has 0 unspecified atom stereocenters. The van der Waals surface area contributed by atoms with E-state index in [9.17, 15) is 4.39 Å². The Bertz CT molecular complexity index is 376. The summed E-state index contributed by atoms with van der Waals surface area (Å²) in [7, 11) is 0. The second-order valence-corrected chi connectivity index (χ2v) is 4.31. The van der Waals surface area contributed by atoms with Gasteiger partial charge >= 0.3 is 0 Å². The number of rotatable bonds is 3. The van der Waals surface area contributed by atoms with E-state index in [0.717, 1.165) is 38.2 Å². The Kier molecular flexibility index (Phi) is 3.84. The number of hydrogen-bond donors (Lipinski definition) is 1. The fourth-order valence-corrected chi connectivity index (χ4v) is 2.30. The summed E-state index contributed by atoms with van der Waals surface area (Å²) >= 11 is 0. The van der Waals surface area contributed by atoms with Crippen LogP contribution in [0.2, 0.25) is 0 Å². The van der Waals surface area contributed by atoms with Gasteiger partial charge in [0.1, 0.15) is 5.82 Å². The van der Waals surface area contributed by atoms with Gasteiger partial charge in [-0.15, -0.1) is 0 Å². The maximum atomic E-state index is 13.4. The average Bonchev–Trinajstić information content (AvgIpc) is 2.34. The number of para-hydroxylation sites is 1. The number of anilines is 2. The van der Waals surface area contributed by atoms with Gasteiger partial charge in [-0.1, -0.05) is 6.07 Å².